The summed E-state index contributed by atoms with van der Waals surface area (Å²) in [6, 6.07) is 8.52. The van der Waals surface area contributed by atoms with Crippen molar-refractivity contribution in [3.63, 3.8) is 0 Å². The van der Waals surface area contributed by atoms with E-state index >= 15 is 0 Å². The van der Waals surface area contributed by atoms with Gasteiger partial charge in [0, 0.05) is 6.21 Å². The van der Waals surface area contributed by atoms with Crippen LogP contribution in [0.5, 0.6) is 0 Å². The van der Waals surface area contributed by atoms with Crippen molar-refractivity contribution < 1.29 is 9.32 Å². The molecular formula is C16H13N7O2. The predicted octanol–water partition coefficient (Wildman–Crippen LogP) is 1.71. The van der Waals surface area contributed by atoms with Crippen LogP contribution in [0.25, 0.3) is 28.8 Å². The second-order valence-electron chi connectivity index (χ2n) is 4.81. The molecule has 1 amide bonds. The van der Waals surface area contributed by atoms with Gasteiger partial charge in [0.15, 0.2) is 0 Å². The standard InChI is InChI=1S/C16H13N7O2/c17-7-6-11(18)12-2-1-3-13(21-12)15-22-16(25-23-15)14-5-4-10(8-19-14)20-9-24/h1-9,17H,18H2,(H,20,24)/b11-6-,17-7?. The van der Waals surface area contributed by atoms with Gasteiger partial charge in [0.05, 0.1) is 23.3 Å². The summed E-state index contributed by atoms with van der Waals surface area (Å²) in [4.78, 5) is 23.2. The van der Waals surface area contributed by atoms with Gasteiger partial charge < -0.3 is 21.0 Å². The van der Waals surface area contributed by atoms with Gasteiger partial charge in [-0.3, -0.25) is 4.79 Å². The summed E-state index contributed by atoms with van der Waals surface area (Å²) in [6.45, 7) is 0. The van der Waals surface area contributed by atoms with Gasteiger partial charge in [0.1, 0.15) is 11.4 Å². The first kappa shape index (κ1) is 16.0. The van der Waals surface area contributed by atoms with E-state index < -0.39 is 0 Å². The molecule has 0 saturated carbocycles. The highest BCUT2D eigenvalue weighted by atomic mass is 16.5. The first-order chi connectivity index (χ1) is 12.2. The topological polar surface area (TPSA) is 144 Å². The molecule has 3 aromatic rings. The summed E-state index contributed by atoms with van der Waals surface area (Å²) in [5.41, 5.74) is 8.20. The van der Waals surface area contributed by atoms with E-state index in [0.29, 0.717) is 34.9 Å². The van der Waals surface area contributed by atoms with Crippen molar-refractivity contribution >= 4 is 24.0 Å². The van der Waals surface area contributed by atoms with Gasteiger partial charge in [-0.15, -0.1) is 0 Å². The molecule has 3 aromatic heterocycles. The van der Waals surface area contributed by atoms with E-state index in [9.17, 15) is 4.79 Å². The third kappa shape index (κ3) is 3.55. The second-order valence-corrected chi connectivity index (χ2v) is 4.81. The van der Waals surface area contributed by atoms with E-state index in [0.717, 1.165) is 6.21 Å². The molecule has 25 heavy (non-hydrogen) atoms. The molecule has 3 rings (SSSR count). The zero-order valence-electron chi connectivity index (χ0n) is 12.9. The van der Waals surface area contributed by atoms with Crippen molar-refractivity contribution in [1.82, 2.24) is 20.1 Å². The lowest BCUT2D eigenvalue weighted by molar-refractivity contribution is -0.105. The Labute approximate surface area is 142 Å². The zero-order valence-corrected chi connectivity index (χ0v) is 12.9. The van der Waals surface area contributed by atoms with Crippen LogP contribution in [0.4, 0.5) is 5.69 Å². The van der Waals surface area contributed by atoms with Crippen LogP contribution in [0, 0.1) is 5.41 Å². The molecule has 9 nitrogen and oxygen atoms in total. The molecule has 0 bridgehead atoms. The Morgan fingerprint density at radius 1 is 1.20 bits per heavy atom. The first-order valence-corrected chi connectivity index (χ1v) is 7.15. The highest BCUT2D eigenvalue weighted by molar-refractivity contribution is 5.80. The Hall–Kier alpha value is -3.88. The lowest BCUT2D eigenvalue weighted by Crippen LogP contribution is -2.00. The number of hydrogen-bond acceptors (Lipinski definition) is 8. The SMILES string of the molecule is N=C/C=C(\N)c1cccc(-c2noc(-c3ccc(NC=O)cn3)n2)n1. The average molecular weight is 335 g/mol. The maximum Gasteiger partial charge on any atom is 0.276 e. The molecule has 0 atom stereocenters. The number of aromatic nitrogens is 4. The Bertz CT molecular complexity index is 932. The monoisotopic (exact) mass is 335 g/mol. The normalized spacial score (nSPS) is 11.1. The quantitative estimate of drug-likeness (QED) is 0.459. The number of carbonyl (C=O) groups is 1. The van der Waals surface area contributed by atoms with Crippen LogP contribution in [0.15, 0.2) is 47.1 Å². The van der Waals surface area contributed by atoms with Crippen molar-refractivity contribution in [1.29, 1.82) is 5.41 Å². The number of amides is 1. The minimum absolute atomic E-state index is 0.225. The molecule has 0 aliphatic rings. The minimum Gasteiger partial charge on any atom is -0.397 e. The molecule has 3 heterocycles. The maximum absolute atomic E-state index is 10.4. The Kier molecular flexibility index (Phi) is 4.56. The summed E-state index contributed by atoms with van der Waals surface area (Å²) < 4.78 is 5.22. The molecule has 9 heteroatoms. The van der Waals surface area contributed by atoms with Gasteiger partial charge in [-0.05, 0) is 30.3 Å². The van der Waals surface area contributed by atoms with E-state index in [-0.39, 0.29) is 11.7 Å². The van der Waals surface area contributed by atoms with Gasteiger partial charge in [0.25, 0.3) is 5.89 Å². The lowest BCUT2D eigenvalue weighted by Gasteiger charge is -2.01. The van der Waals surface area contributed by atoms with E-state index in [1.807, 2.05) is 0 Å². The highest BCUT2D eigenvalue weighted by Gasteiger charge is 2.13. The Balaban J connectivity index is 1.88. The molecule has 0 spiro atoms. The largest absolute Gasteiger partial charge is 0.397 e. The summed E-state index contributed by atoms with van der Waals surface area (Å²) in [6.07, 6.45) is 4.58. The third-order valence-electron chi connectivity index (χ3n) is 3.17. The van der Waals surface area contributed by atoms with Crippen molar-refractivity contribution in [3.8, 4) is 23.1 Å². The molecule has 0 aliphatic heterocycles. The van der Waals surface area contributed by atoms with Gasteiger partial charge in [-0.2, -0.15) is 4.98 Å². The van der Waals surface area contributed by atoms with E-state index in [2.05, 4.69) is 25.4 Å². The van der Waals surface area contributed by atoms with Gasteiger partial charge >= 0.3 is 0 Å². The molecular weight excluding hydrogens is 322 g/mol. The van der Waals surface area contributed by atoms with Crippen molar-refractivity contribution in [2.75, 3.05) is 5.32 Å². The summed E-state index contributed by atoms with van der Waals surface area (Å²) in [5, 5.41) is 13.5. The number of pyridine rings is 2. The van der Waals surface area contributed by atoms with Crippen LogP contribution in [0.3, 0.4) is 0 Å². The number of nitrogens with one attached hydrogen (secondary N) is 2. The number of rotatable bonds is 6. The van der Waals surface area contributed by atoms with Crippen LogP contribution < -0.4 is 11.1 Å². The fourth-order valence-corrected chi connectivity index (χ4v) is 2.00. The van der Waals surface area contributed by atoms with Crippen molar-refractivity contribution in [3.05, 3.63) is 48.3 Å². The van der Waals surface area contributed by atoms with Crippen LogP contribution in [0.2, 0.25) is 0 Å². The molecule has 0 aliphatic carbocycles. The number of nitrogens with zero attached hydrogens (tertiary/aromatic N) is 4. The molecule has 0 unspecified atom stereocenters. The maximum atomic E-state index is 10.4. The number of anilines is 1. The van der Waals surface area contributed by atoms with E-state index in [1.54, 1.807) is 30.3 Å². The predicted molar refractivity (Wildman–Crippen MR) is 91.4 cm³/mol. The van der Waals surface area contributed by atoms with Crippen LogP contribution in [0.1, 0.15) is 5.69 Å². The van der Waals surface area contributed by atoms with Crippen LogP contribution >= 0.6 is 0 Å². The molecule has 4 N–H and O–H groups in total. The number of carbonyl (C=O) groups excluding carboxylic acids is 1. The first-order valence-electron chi connectivity index (χ1n) is 7.15. The molecule has 0 fully saturated rings. The summed E-state index contributed by atoms with van der Waals surface area (Å²) in [7, 11) is 0. The average Bonchev–Trinajstić information content (AvgIpc) is 3.13. The zero-order chi connectivity index (χ0) is 17.6. The molecule has 0 radical (unpaired) electrons. The van der Waals surface area contributed by atoms with Crippen LogP contribution in [-0.4, -0.2) is 32.7 Å². The van der Waals surface area contributed by atoms with E-state index in [1.165, 1.54) is 12.3 Å². The van der Waals surface area contributed by atoms with Gasteiger partial charge in [-0.1, -0.05) is 11.2 Å². The van der Waals surface area contributed by atoms with Crippen molar-refractivity contribution in [2.24, 2.45) is 5.73 Å². The third-order valence-corrected chi connectivity index (χ3v) is 3.17. The number of nitrogens with two attached hydrogens (primary N) is 1. The fourth-order valence-electron chi connectivity index (χ4n) is 2.00. The smallest absolute Gasteiger partial charge is 0.276 e. The minimum atomic E-state index is 0.225. The van der Waals surface area contributed by atoms with Crippen molar-refractivity contribution in [2.45, 2.75) is 0 Å². The summed E-state index contributed by atoms with van der Waals surface area (Å²) in [5.74, 6) is 0.513. The Morgan fingerprint density at radius 3 is 2.80 bits per heavy atom. The number of allylic oxidation sites excluding steroid dienone is 1. The molecule has 0 saturated heterocycles. The highest BCUT2D eigenvalue weighted by Crippen LogP contribution is 2.21. The van der Waals surface area contributed by atoms with Gasteiger partial charge in [0.2, 0.25) is 12.2 Å². The molecule has 124 valence electrons. The fraction of sp³-hybridized carbons (Fsp3) is 0. The van der Waals surface area contributed by atoms with Gasteiger partial charge in [-0.25, -0.2) is 9.97 Å². The van der Waals surface area contributed by atoms with Crippen LogP contribution in [-0.2, 0) is 4.79 Å². The Morgan fingerprint density at radius 2 is 2.08 bits per heavy atom. The second kappa shape index (κ2) is 7.13. The lowest BCUT2D eigenvalue weighted by atomic mass is 10.2. The van der Waals surface area contributed by atoms with E-state index in [4.69, 9.17) is 15.7 Å². The molecule has 0 aromatic carbocycles. The number of hydrogen-bond donors (Lipinski definition) is 3. The summed E-state index contributed by atoms with van der Waals surface area (Å²) >= 11 is 0.